The molecule has 0 bridgehead atoms. The van der Waals surface area contributed by atoms with Gasteiger partial charge in [-0.25, -0.2) is 0 Å². The van der Waals surface area contributed by atoms with E-state index < -0.39 is 0 Å². The van der Waals surface area contributed by atoms with Crippen molar-refractivity contribution in [2.45, 2.75) is 26.0 Å². The highest BCUT2D eigenvalue weighted by molar-refractivity contribution is 5.45. The molecule has 0 amide bonds. The minimum absolute atomic E-state index is 0.317. The van der Waals surface area contributed by atoms with Crippen LogP contribution in [0.15, 0.2) is 48.5 Å². The van der Waals surface area contributed by atoms with Gasteiger partial charge < -0.3 is 10.1 Å². The molecule has 0 unspecified atom stereocenters. The summed E-state index contributed by atoms with van der Waals surface area (Å²) in [6.45, 7) is 2.97. The van der Waals surface area contributed by atoms with E-state index in [4.69, 9.17) is 4.74 Å². The molecule has 0 radical (unpaired) electrons. The predicted molar refractivity (Wildman–Crippen MR) is 74.0 cm³/mol. The summed E-state index contributed by atoms with van der Waals surface area (Å²) in [5.41, 5.74) is 3.78. The molecule has 2 heteroatoms. The van der Waals surface area contributed by atoms with Crippen LogP contribution in [-0.2, 0) is 13.0 Å². The van der Waals surface area contributed by atoms with Crippen molar-refractivity contribution in [1.82, 2.24) is 0 Å². The smallest absolute Gasteiger partial charge is 0.123 e. The van der Waals surface area contributed by atoms with E-state index in [9.17, 15) is 0 Å². The normalized spacial score (nSPS) is 17.1. The first-order valence-corrected chi connectivity index (χ1v) is 6.38. The summed E-state index contributed by atoms with van der Waals surface area (Å²) in [6.07, 6.45) is 1.34. The number of para-hydroxylation sites is 1. The van der Waals surface area contributed by atoms with E-state index in [1.807, 2.05) is 18.2 Å². The highest BCUT2D eigenvalue weighted by atomic mass is 16.5. The summed E-state index contributed by atoms with van der Waals surface area (Å²) in [5, 5.41) is 3.42. The number of fused-ring (bicyclic) bond motifs is 1. The van der Waals surface area contributed by atoms with Gasteiger partial charge in [0.1, 0.15) is 11.9 Å². The van der Waals surface area contributed by atoms with Gasteiger partial charge in [0, 0.05) is 18.7 Å². The van der Waals surface area contributed by atoms with Crippen molar-refractivity contribution in [3.05, 3.63) is 59.7 Å². The lowest BCUT2D eigenvalue weighted by Crippen LogP contribution is -2.05. The first kappa shape index (κ1) is 11.1. The lowest BCUT2D eigenvalue weighted by atomic mass is 10.1. The molecule has 2 aromatic rings. The van der Waals surface area contributed by atoms with Crippen LogP contribution in [0, 0.1) is 0 Å². The Balaban J connectivity index is 1.69. The number of rotatable bonds is 3. The van der Waals surface area contributed by atoms with Gasteiger partial charge in [0.05, 0.1) is 0 Å². The van der Waals surface area contributed by atoms with Gasteiger partial charge in [0.2, 0.25) is 0 Å². The van der Waals surface area contributed by atoms with E-state index in [0.717, 1.165) is 24.4 Å². The fourth-order valence-corrected chi connectivity index (χ4v) is 2.35. The van der Waals surface area contributed by atoms with Crippen LogP contribution in [0.5, 0.6) is 5.75 Å². The second kappa shape index (κ2) is 4.73. The van der Waals surface area contributed by atoms with Gasteiger partial charge >= 0.3 is 0 Å². The fraction of sp³-hybridized carbons (Fsp3) is 0.250. The van der Waals surface area contributed by atoms with Crippen LogP contribution in [0.3, 0.4) is 0 Å². The lowest BCUT2D eigenvalue weighted by molar-refractivity contribution is 0.254. The van der Waals surface area contributed by atoms with Crippen molar-refractivity contribution in [2.24, 2.45) is 0 Å². The molecule has 0 fully saturated rings. The van der Waals surface area contributed by atoms with Crippen LogP contribution in [0.2, 0.25) is 0 Å². The molecule has 0 aromatic heterocycles. The number of benzene rings is 2. The number of hydrogen-bond acceptors (Lipinski definition) is 2. The summed E-state index contributed by atoms with van der Waals surface area (Å²) < 4.78 is 5.70. The summed E-state index contributed by atoms with van der Waals surface area (Å²) in [6, 6.07) is 16.7. The molecule has 0 saturated carbocycles. The van der Waals surface area contributed by atoms with Gasteiger partial charge in [-0.1, -0.05) is 30.3 Å². The number of hydrogen-bond donors (Lipinski definition) is 1. The Hall–Kier alpha value is -1.96. The zero-order chi connectivity index (χ0) is 12.4. The molecule has 1 heterocycles. The molecule has 3 rings (SSSR count). The van der Waals surface area contributed by atoms with Crippen LogP contribution in [0.4, 0.5) is 5.69 Å². The molecule has 1 aliphatic rings. The zero-order valence-electron chi connectivity index (χ0n) is 10.5. The lowest BCUT2D eigenvalue weighted by Gasteiger charge is -2.07. The van der Waals surface area contributed by atoms with E-state index in [1.54, 1.807) is 0 Å². The van der Waals surface area contributed by atoms with Gasteiger partial charge in [-0.05, 0) is 36.2 Å². The molecule has 18 heavy (non-hydrogen) atoms. The average molecular weight is 239 g/mol. The van der Waals surface area contributed by atoms with Crippen LogP contribution >= 0.6 is 0 Å². The first-order valence-electron chi connectivity index (χ1n) is 6.38. The van der Waals surface area contributed by atoms with E-state index in [0.29, 0.717) is 6.10 Å². The zero-order valence-corrected chi connectivity index (χ0v) is 10.5. The molecule has 0 spiro atoms. The SMILES string of the molecule is C[C@@H]1Cc2cc(CNc3ccccc3)ccc2O1. The Morgan fingerprint density at radius 1 is 1.17 bits per heavy atom. The van der Waals surface area contributed by atoms with Crippen molar-refractivity contribution >= 4 is 5.69 Å². The highest BCUT2D eigenvalue weighted by Crippen LogP contribution is 2.29. The van der Waals surface area contributed by atoms with E-state index >= 15 is 0 Å². The van der Waals surface area contributed by atoms with Crippen LogP contribution in [0.25, 0.3) is 0 Å². The van der Waals surface area contributed by atoms with Crippen LogP contribution in [-0.4, -0.2) is 6.10 Å². The molecule has 2 aromatic carbocycles. The molecular formula is C16H17NO. The molecule has 1 atom stereocenters. The van der Waals surface area contributed by atoms with Crippen molar-refractivity contribution in [3.8, 4) is 5.75 Å². The van der Waals surface area contributed by atoms with Crippen molar-refractivity contribution in [2.75, 3.05) is 5.32 Å². The minimum atomic E-state index is 0.317. The van der Waals surface area contributed by atoms with Crippen LogP contribution < -0.4 is 10.1 Å². The summed E-state index contributed by atoms with van der Waals surface area (Å²) >= 11 is 0. The maximum atomic E-state index is 5.70. The third-order valence-corrected chi connectivity index (χ3v) is 3.23. The average Bonchev–Trinajstić information content (AvgIpc) is 2.77. The molecule has 1 aliphatic heterocycles. The predicted octanol–water partition coefficient (Wildman–Crippen LogP) is 3.62. The van der Waals surface area contributed by atoms with Crippen LogP contribution in [0.1, 0.15) is 18.1 Å². The molecule has 1 N–H and O–H groups in total. The monoisotopic (exact) mass is 239 g/mol. The van der Waals surface area contributed by atoms with Gasteiger partial charge in [-0.15, -0.1) is 0 Å². The van der Waals surface area contributed by atoms with Crippen molar-refractivity contribution in [3.63, 3.8) is 0 Å². The largest absolute Gasteiger partial charge is 0.490 e. The second-order valence-corrected chi connectivity index (χ2v) is 4.79. The molecule has 92 valence electrons. The number of ether oxygens (including phenoxy) is 1. The third-order valence-electron chi connectivity index (χ3n) is 3.23. The minimum Gasteiger partial charge on any atom is -0.490 e. The summed E-state index contributed by atoms with van der Waals surface area (Å²) in [4.78, 5) is 0. The Bertz CT molecular complexity index is 536. The molecule has 2 nitrogen and oxygen atoms in total. The van der Waals surface area contributed by atoms with E-state index in [1.165, 1.54) is 11.1 Å². The second-order valence-electron chi connectivity index (χ2n) is 4.79. The quantitative estimate of drug-likeness (QED) is 0.883. The van der Waals surface area contributed by atoms with Gasteiger partial charge in [0.15, 0.2) is 0 Å². The van der Waals surface area contributed by atoms with E-state index in [-0.39, 0.29) is 0 Å². The van der Waals surface area contributed by atoms with Crippen molar-refractivity contribution in [1.29, 1.82) is 0 Å². The molecular weight excluding hydrogens is 222 g/mol. The molecule has 0 saturated heterocycles. The highest BCUT2D eigenvalue weighted by Gasteiger charge is 2.18. The Labute approximate surface area is 108 Å². The molecule has 0 aliphatic carbocycles. The van der Waals surface area contributed by atoms with Gasteiger partial charge in [-0.3, -0.25) is 0 Å². The number of nitrogens with one attached hydrogen (secondary N) is 1. The Morgan fingerprint density at radius 3 is 2.83 bits per heavy atom. The fourth-order valence-electron chi connectivity index (χ4n) is 2.35. The maximum absolute atomic E-state index is 5.70. The standard InChI is InChI=1S/C16H17NO/c1-12-9-14-10-13(7-8-16(14)18-12)11-17-15-5-3-2-4-6-15/h2-8,10,12,17H,9,11H2,1H3/t12-/m1/s1. The topological polar surface area (TPSA) is 21.3 Å². The van der Waals surface area contributed by atoms with Gasteiger partial charge in [0.25, 0.3) is 0 Å². The van der Waals surface area contributed by atoms with E-state index in [2.05, 4.69) is 42.6 Å². The first-order chi connectivity index (χ1) is 8.81. The Morgan fingerprint density at radius 2 is 2.00 bits per heavy atom. The third kappa shape index (κ3) is 2.33. The summed E-state index contributed by atoms with van der Waals surface area (Å²) in [5.74, 6) is 1.05. The Kier molecular flexibility index (Phi) is 2.93. The summed E-state index contributed by atoms with van der Waals surface area (Å²) in [7, 11) is 0. The maximum Gasteiger partial charge on any atom is 0.123 e. The number of anilines is 1. The van der Waals surface area contributed by atoms with Crippen molar-refractivity contribution < 1.29 is 4.74 Å². The van der Waals surface area contributed by atoms with Gasteiger partial charge in [-0.2, -0.15) is 0 Å².